The van der Waals surface area contributed by atoms with Crippen molar-refractivity contribution in [3.63, 3.8) is 0 Å². The molecule has 1 aromatic carbocycles. The van der Waals surface area contributed by atoms with Crippen molar-refractivity contribution in [2.45, 2.75) is 31.7 Å². The average molecular weight is 322 g/mol. The fourth-order valence-corrected chi connectivity index (χ4v) is 2.88. The third kappa shape index (κ3) is 5.63. The zero-order chi connectivity index (χ0) is 16.7. The van der Waals surface area contributed by atoms with Crippen LogP contribution in [0, 0.1) is 0 Å². The van der Waals surface area contributed by atoms with E-state index in [1.165, 1.54) is 0 Å². The van der Waals surface area contributed by atoms with Crippen molar-refractivity contribution in [3.8, 4) is 11.5 Å². The number of benzene rings is 1. The molecular formula is C17H26N2O4. The van der Waals surface area contributed by atoms with Crippen molar-refractivity contribution in [3.05, 3.63) is 18.2 Å². The molecule has 0 amide bonds. The van der Waals surface area contributed by atoms with Gasteiger partial charge in [0.15, 0.2) is 0 Å². The first-order valence-electron chi connectivity index (χ1n) is 8.04. The highest BCUT2D eigenvalue weighted by atomic mass is 16.5. The number of hydrogen-bond acceptors (Lipinski definition) is 5. The molecule has 6 heteroatoms. The van der Waals surface area contributed by atoms with Crippen LogP contribution in [0.5, 0.6) is 11.5 Å². The fourth-order valence-electron chi connectivity index (χ4n) is 2.88. The van der Waals surface area contributed by atoms with Crippen molar-refractivity contribution in [1.82, 2.24) is 4.90 Å². The molecule has 0 saturated carbocycles. The van der Waals surface area contributed by atoms with Crippen LogP contribution in [0.2, 0.25) is 0 Å². The number of ether oxygens (including phenoxy) is 2. The van der Waals surface area contributed by atoms with Crippen LogP contribution in [0.15, 0.2) is 18.2 Å². The lowest BCUT2D eigenvalue weighted by molar-refractivity contribution is -0.137. The molecule has 128 valence electrons. The van der Waals surface area contributed by atoms with E-state index in [1.807, 2.05) is 18.2 Å². The van der Waals surface area contributed by atoms with Crippen molar-refractivity contribution in [2.24, 2.45) is 0 Å². The largest absolute Gasteiger partial charge is 0.497 e. The number of aliphatic carboxylic acids is 1. The number of nitrogens with zero attached hydrogens (tertiary/aromatic N) is 1. The highest BCUT2D eigenvalue weighted by Gasteiger charge is 2.19. The van der Waals surface area contributed by atoms with Gasteiger partial charge in [0.2, 0.25) is 0 Å². The van der Waals surface area contributed by atoms with Gasteiger partial charge < -0.3 is 24.8 Å². The van der Waals surface area contributed by atoms with Gasteiger partial charge in [0.1, 0.15) is 11.5 Å². The molecule has 0 bridgehead atoms. The number of rotatable bonds is 8. The number of carboxylic acid groups (broad SMARTS) is 1. The van der Waals surface area contributed by atoms with E-state index < -0.39 is 5.97 Å². The summed E-state index contributed by atoms with van der Waals surface area (Å²) in [5, 5.41) is 12.2. The smallest absolute Gasteiger partial charge is 0.303 e. The maximum atomic E-state index is 10.6. The topological polar surface area (TPSA) is 71.0 Å². The van der Waals surface area contributed by atoms with Crippen LogP contribution in [0.1, 0.15) is 25.7 Å². The molecule has 1 heterocycles. The molecule has 1 aromatic rings. The minimum absolute atomic E-state index is 0.252. The lowest BCUT2D eigenvalue weighted by Gasteiger charge is -2.32. The number of nitrogens with one attached hydrogen (secondary N) is 1. The van der Waals surface area contributed by atoms with Gasteiger partial charge in [0.25, 0.3) is 0 Å². The normalized spacial score (nSPS) is 16.1. The summed E-state index contributed by atoms with van der Waals surface area (Å²) in [6.07, 6.45) is 3.07. The van der Waals surface area contributed by atoms with Crippen LogP contribution >= 0.6 is 0 Å². The van der Waals surface area contributed by atoms with Crippen molar-refractivity contribution >= 4 is 11.7 Å². The van der Waals surface area contributed by atoms with E-state index in [4.69, 9.17) is 14.6 Å². The SMILES string of the molecule is COc1cc(NC2CCN(CCCC(=O)O)CC2)cc(OC)c1. The van der Waals surface area contributed by atoms with E-state index in [-0.39, 0.29) is 6.42 Å². The van der Waals surface area contributed by atoms with E-state index in [1.54, 1.807) is 14.2 Å². The first kappa shape index (κ1) is 17.4. The average Bonchev–Trinajstić information content (AvgIpc) is 2.55. The van der Waals surface area contributed by atoms with Crippen LogP contribution in [-0.4, -0.2) is 55.9 Å². The molecule has 0 radical (unpaired) electrons. The lowest BCUT2D eigenvalue weighted by atomic mass is 10.0. The van der Waals surface area contributed by atoms with Crippen LogP contribution in [0.3, 0.4) is 0 Å². The summed E-state index contributed by atoms with van der Waals surface area (Å²) in [7, 11) is 3.29. The minimum atomic E-state index is -0.714. The van der Waals surface area contributed by atoms with Gasteiger partial charge >= 0.3 is 5.97 Å². The third-order valence-corrected chi connectivity index (χ3v) is 4.17. The molecule has 0 aromatic heterocycles. The maximum Gasteiger partial charge on any atom is 0.303 e. The molecule has 0 atom stereocenters. The Kier molecular flexibility index (Phi) is 6.52. The monoisotopic (exact) mass is 322 g/mol. The predicted octanol–water partition coefficient (Wildman–Crippen LogP) is 2.44. The van der Waals surface area contributed by atoms with Gasteiger partial charge in [-0.1, -0.05) is 0 Å². The molecule has 1 saturated heterocycles. The second kappa shape index (κ2) is 8.62. The summed E-state index contributed by atoms with van der Waals surface area (Å²) in [4.78, 5) is 12.9. The van der Waals surface area contributed by atoms with Crippen LogP contribution in [0.25, 0.3) is 0 Å². The van der Waals surface area contributed by atoms with Gasteiger partial charge in [-0.25, -0.2) is 0 Å². The Morgan fingerprint density at radius 3 is 2.35 bits per heavy atom. The van der Waals surface area contributed by atoms with E-state index in [0.29, 0.717) is 6.04 Å². The van der Waals surface area contributed by atoms with Crippen LogP contribution in [0.4, 0.5) is 5.69 Å². The number of carboxylic acids is 1. The number of carbonyl (C=O) groups is 1. The molecule has 0 spiro atoms. The minimum Gasteiger partial charge on any atom is -0.497 e. The number of hydrogen-bond donors (Lipinski definition) is 2. The van der Waals surface area contributed by atoms with Gasteiger partial charge in [-0.15, -0.1) is 0 Å². The number of likely N-dealkylation sites (tertiary alicyclic amines) is 1. The summed E-state index contributed by atoms with van der Waals surface area (Å²) >= 11 is 0. The number of anilines is 1. The highest BCUT2D eigenvalue weighted by molar-refractivity contribution is 5.66. The van der Waals surface area contributed by atoms with E-state index in [9.17, 15) is 4.79 Å². The Labute approximate surface area is 137 Å². The number of piperidine rings is 1. The van der Waals surface area contributed by atoms with E-state index in [2.05, 4.69) is 10.2 Å². The molecule has 1 fully saturated rings. The molecule has 2 N–H and O–H groups in total. The van der Waals surface area contributed by atoms with E-state index >= 15 is 0 Å². The quantitative estimate of drug-likeness (QED) is 0.766. The Bertz CT molecular complexity index is 491. The standard InChI is InChI=1S/C17H26N2O4/c1-22-15-10-14(11-16(12-15)23-2)18-13-5-8-19(9-6-13)7-3-4-17(20)21/h10-13,18H,3-9H2,1-2H3,(H,20,21). The van der Waals surface area contributed by atoms with Gasteiger partial charge in [-0.2, -0.15) is 0 Å². The summed E-state index contributed by atoms with van der Waals surface area (Å²) < 4.78 is 10.6. The van der Waals surface area contributed by atoms with Gasteiger partial charge in [-0.05, 0) is 25.8 Å². The van der Waals surface area contributed by atoms with Crippen molar-refractivity contribution in [1.29, 1.82) is 0 Å². The Morgan fingerprint density at radius 2 is 1.83 bits per heavy atom. The molecular weight excluding hydrogens is 296 g/mol. The second-order valence-corrected chi connectivity index (χ2v) is 5.86. The molecule has 1 aliphatic rings. The van der Waals surface area contributed by atoms with Crippen molar-refractivity contribution < 1.29 is 19.4 Å². The third-order valence-electron chi connectivity index (χ3n) is 4.17. The zero-order valence-electron chi connectivity index (χ0n) is 13.9. The molecule has 6 nitrogen and oxygen atoms in total. The number of methoxy groups -OCH3 is 2. The Morgan fingerprint density at radius 1 is 1.22 bits per heavy atom. The highest BCUT2D eigenvalue weighted by Crippen LogP contribution is 2.27. The van der Waals surface area contributed by atoms with Gasteiger partial charge in [-0.3, -0.25) is 4.79 Å². The predicted molar refractivity (Wildman–Crippen MR) is 89.5 cm³/mol. The Hall–Kier alpha value is -1.95. The summed E-state index contributed by atoms with van der Waals surface area (Å²) in [5.41, 5.74) is 1.01. The molecule has 0 unspecified atom stereocenters. The van der Waals surface area contributed by atoms with E-state index in [0.717, 1.165) is 56.1 Å². The first-order chi connectivity index (χ1) is 11.1. The van der Waals surface area contributed by atoms with Gasteiger partial charge in [0, 0.05) is 49.4 Å². The second-order valence-electron chi connectivity index (χ2n) is 5.86. The summed E-state index contributed by atoms with van der Waals surface area (Å²) in [5.74, 6) is 0.837. The maximum absolute atomic E-state index is 10.6. The zero-order valence-corrected chi connectivity index (χ0v) is 13.9. The molecule has 1 aliphatic heterocycles. The fraction of sp³-hybridized carbons (Fsp3) is 0.588. The van der Waals surface area contributed by atoms with Crippen LogP contribution < -0.4 is 14.8 Å². The first-order valence-corrected chi connectivity index (χ1v) is 8.04. The Balaban J connectivity index is 1.81. The molecule has 2 rings (SSSR count). The summed E-state index contributed by atoms with van der Waals surface area (Å²) in [6.45, 7) is 2.86. The molecule has 0 aliphatic carbocycles. The molecule has 23 heavy (non-hydrogen) atoms. The lowest BCUT2D eigenvalue weighted by Crippen LogP contribution is -2.39. The van der Waals surface area contributed by atoms with Crippen LogP contribution in [-0.2, 0) is 4.79 Å². The summed E-state index contributed by atoms with van der Waals surface area (Å²) in [6, 6.07) is 6.22. The van der Waals surface area contributed by atoms with Gasteiger partial charge in [0.05, 0.1) is 14.2 Å². The van der Waals surface area contributed by atoms with Crippen molar-refractivity contribution in [2.75, 3.05) is 39.2 Å².